The van der Waals surface area contributed by atoms with E-state index in [4.69, 9.17) is 11.6 Å². The van der Waals surface area contributed by atoms with Crippen molar-refractivity contribution in [3.05, 3.63) is 41.7 Å². The number of nitrogens with zero attached hydrogens (tertiary/aromatic N) is 1. The molecule has 2 heterocycles. The Morgan fingerprint density at radius 2 is 2.07 bits per heavy atom. The van der Waals surface area contributed by atoms with Crippen molar-refractivity contribution in [1.82, 2.24) is 9.97 Å². The fourth-order valence-corrected chi connectivity index (χ4v) is 2.01. The van der Waals surface area contributed by atoms with Crippen LogP contribution in [0, 0.1) is 0 Å². The lowest BCUT2D eigenvalue weighted by Gasteiger charge is -2.01. The second-order valence-electron chi connectivity index (χ2n) is 3.19. The summed E-state index contributed by atoms with van der Waals surface area (Å²) in [4.78, 5) is 7.40. The lowest BCUT2D eigenvalue weighted by Crippen LogP contribution is -1.79. The zero-order valence-electron chi connectivity index (χ0n) is 7.29. The minimum atomic E-state index is 0.761. The third-order valence-corrected chi connectivity index (χ3v) is 2.70. The largest absolute Gasteiger partial charge is 0.361 e. The van der Waals surface area contributed by atoms with Crippen molar-refractivity contribution >= 4 is 33.4 Å². The normalized spacial score (nSPS) is 11.2. The van der Waals surface area contributed by atoms with Crippen LogP contribution in [0.3, 0.4) is 0 Å². The molecule has 1 N–H and O–H groups in total. The minimum absolute atomic E-state index is 0.761. The highest BCUT2D eigenvalue weighted by atomic mass is 35.5. The molecule has 0 atom stereocenters. The number of halogens is 1. The smallest absolute Gasteiger partial charge is 0.0710 e. The SMILES string of the molecule is Clc1cc[nH]c2ccc3nccc3c12. The summed E-state index contributed by atoms with van der Waals surface area (Å²) in [7, 11) is 0. The third kappa shape index (κ3) is 0.946. The maximum Gasteiger partial charge on any atom is 0.0710 e. The van der Waals surface area contributed by atoms with E-state index in [-0.39, 0.29) is 0 Å². The van der Waals surface area contributed by atoms with Crippen LogP contribution in [0.1, 0.15) is 0 Å². The van der Waals surface area contributed by atoms with Crippen LogP contribution in [-0.2, 0) is 0 Å². The average Bonchev–Trinajstić information content (AvgIpc) is 2.65. The third-order valence-electron chi connectivity index (χ3n) is 2.38. The number of fused-ring (bicyclic) bond motifs is 3. The Labute approximate surface area is 85.5 Å². The molecule has 3 aromatic rings. The van der Waals surface area contributed by atoms with Crippen molar-refractivity contribution in [3.8, 4) is 0 Å². The van der Waals surface area contributed by atoms with Gasteiger partial charge < -0.3 is 4.98 Å². The maximum absolute atomic E-state index is 6.15. The van der Waals surface area contributed by atoms with Gasteiger partial charge in [0.15, 0.2) is 0 Å². The van der Waals surface area contributed by atoms with Crippen LogP contribution in [0.2, 0.25) is 5.02 Å². The Balaban J connectivity index is 2.67. The van der Waals surface area contributed by atoms with Gasteiger partial charge in [0, 0.05) is 28.7 Å². The van der Waals surface area contributed by atoms with Crippen molar-refractivity contribution in [2.75, 3.05) is 0 Å². The minimum Gasteiger partial charge on any atom is -0.361 e. The Hall–Kier alpha value is -1.54. The van der Waals surface area contributed by atoms with E-state index in [0.29, 0.717) is 0 Å². The maximum atomic E-state index is 6.15. The second kappa shape index (κ2) is 2.72. The first-order valence-electron chi connectivity index (χ1n) is 4.36. The van der Waals surface area contributed by atoms with Gasteiger partial charge in [-0.3, -0.25) is 4.98 Å². The monoisotopic (exact) mass is 202 g/mol. The molecule has 0 spiro atoms. The highest BCUT2D eigenvalue weighted by Gasteiger charge is 2.04. The van der Waals surface area contributed by atoms with E-state index in [0.717, 1.165) is 26.8 Å². The molecule has 0 saturated carbocycles. The molecular formula is C11H7ClN2. The lowest BCUT2D eigenvalue weighted by atomic mass is 10.1. The van der Waals surface area contributed by atoms with Crippen LogP contribution < -0.4 is 0 Å². The Morgan fingerprint density at radius 1 is 1.14 bits per heavy atom. The Morgan fingerprint density at radius 3 is 3.00 bits per heavy atom. The summed E-state index contributed by atoms with van der Waals surface area (Å²) in [6.45, 7) is 0. The summed E-state index contributed by atoms with van der Waals surface area (Å²) in [5.41, 5.74) is 2.03. The van der Waals surface area contributed by atoms with E-state index in [2.05, 4.69) is 9.97 Å². The summed E-state index contributed by atoms with van der Waals surface area (Å²) in [6, 6.07) is 7.83. The van der Waals surface area contributed by atoms with E-state index in [9.17, 15) is 0 Å². The van der Waals surface area contributed by atoms with Crippen molar-refractivity contribution < 1.29 is 0 Å². The lowest BCUT2D eigenvalue weighted by molar-refractivity contribution is 1.42. The molecule has 1 aromatic carbocycles. The molecule has 3 rings (SSSR count). The zero-order chi connectivity index (χ0) is 9.54. The molecule has 2 nitrogen and oxygen atoms in total. The molecule has 68 valence electrons. The second-order valence-corrected chi connectivity index (χ2v) is 3.60. The van der Waals surface area contributed by atoms with Crippen LogP contribution in [0.25, 0.3) is 21.8 Å². The molecule has 0 fully saturated rings. The molecule has 2 aromatic heterocycles. The summed E-state index contributed by atoms with van der Waals surface area (Å²) in [5.74, 6) is 0. The highest BCUT2D eigenvalue weighted by Crippen LogP contribution is 2.28. The number of hydrogen-bond donors (Lipinski definition) is 1. The summed E-state index contributed by atoms with van der Waals surface area (Å²) < 4.78 is 0. The van der Waals surface area contributed by atoms with Crippen molar-refractivity contribution in [2.24, 2.45) is 0 Å². The molecular weight excluding hydrogens is 196 g/mol. The van der Waals surface area contributed by atoms with Crippen molar-refractivity contribution in [3.63, 3.8) is 0 Å². The van der Waals surface area contributed by atoms with Gasteiger partial charge in [-0.15, -0.1) is 0 Å². The Kier molecular flexibility index (Phi) is 1.52. The van der Waals surface area contributed by atoms with E-state index in [1.807, 2.05) is 30.5 Å². The van der Waals surface area contributed by atoms with E-state index >= 15 is 0 Å². The van der Waals surface area contributed by atoms with Gasteiger partial charge in [0.25, 0.3) is 0 Å². The molecule has 0 aliphatic carbocycles. The fraction of sp³-hybridized carbons (Fsp3) is 0. The molecule has 14 heavy (non-hydrogen) atoms. The van der Waals surface area contributed by atoms with Gasteiger partial charge in [0.05, 0.1) is 10.5 Å². The van der Waals surface area contributed by atoms with E-state index in [1.165, 1.54) is 0 Å². The van der Waals surface area contributed by atoms with Gasteiger partial charge in [-0.05, 0) is 24.3 Å². The molecule has 0 amide bonds. The predicted octanol–water partition coefficient (Wildman–Crippen LogP) is 3.37. The summed E-state index contributed by atoms with van der Waals surface area (Å²) in [6.07, 6.45) is 3.64. The zero-order valence-corrected chi connectivity index (χ0v) is 8.05. The van der Waals surface area contributed by atoms with Gasteiger partial charge in [-0.2, -0.15) is 0 Å². The topological polar surface area (TPSA) is 28.7 Å². The molecule has 0 unspecified atom stereocenters. The van der Waals surface area contributed by atoms with Gasteiger partial charge in [0.2, 0.25) is 0 Å². The quantitative estimate of drug-likeness (QED) is 0.595. The average molecular weight is 203 g/mol. The first-order valence-corrected chi connectivity index (χ1v) is 4.74. The molecule has 3 heteroatoms. The van der Waals surface area contributed by atoms with Crippen LogP contribution in [0.4, 0.5) is 0 Å². The van der Waals surface area contributed by atoms with Crippen molar-refractivity contribution in [1.29, 1.82) is 0 Å². The van der Waals surface area contributed by atoms with Gasteiger partial charge >= 0.3 is 0 Å². The first kappa shape index (κ1) is 7.83. The molecule has 0 saturated heterocycles. The van der Waals surface area contributed by atoms with Gasteiger partial charge in [0.1, 0.15) is 0 Å². The molecule has 0 aliphatic heterocycles. The molecule has 0 aliphatic rings. The number of pyridine rings is 1. The number of hydrogen-bond acceptors (Lipinski definition) is 1. The van der Waals surface area contributed by atoms with Gasteiger partial charge in [-0.25, -0.2) is 0 Å². The van der Waals surface area contributed by atoms with Crippen LogP contribution >= 0.6 is 11.6 Å². The number of benzene rings is 1. The number of rotatable bonds is 0. The number of aromatic nitrogens is 2. The standard InChI is InChI=1S/C11H7ClN2/c12-8-4-6-14-10-2-1-9-7(11(8)10)3-5-13-9/h1-6,14H. The van der Waals surface area contributed by atoms with E-state index < -0.39 is 0 Å². The predicted molar refractivity (Wildman–Crippen MR) is 58.6 cm³/mol. The summed E-state index contributed by atoms with van der Waals surface area (Å²) >= 11 is 6.15. The molecule has 0 bridgehead atoms. The van der Waals surface area contributed by atoms with E-state index in [1.54, 1.807) is 6.20 Å². The fourth-order valence-electron chi connectivity index (χ4n) is 1.75. The van der Waals surface area contributed by atoms with Crippen LogP contribution in [0.5, 0.6) is 0 Å². The first-order chi connectivity index (χ1) is 6.86. The number of H-pyrrole nitrogens is 1. The summed E-state index contributed by atoms with van der Waals surface area (Å²) in [5, 5.41) is 2.91. The number of aromatic amines is 1. The molecule has 0 radical (unpaired) electrons. The van der Waals surface area contributed by atoms with Crippen LogP contribution in [0.15, 0.2) is 36.7 Å². The number of nitrogens with one attached hydrogen (secondary N) is 1. The highest BCUT2D eigenvalue weighted by molar-refractivity contribution is 6.37. The van der Waals surface area contributed by atoms with Gasteiger partial charge in [-0.1, -0.05) is 11.6 Å². The Bertz CT molecular complexity index is 613. The van der Waals surface area contributed by atoms with Crippen LogP contribution in [-0.4, -0.2) is 9.97 Å². The van der Waals surface area contributed by atoms with Crippen molar-refractivity contribution in [2.45, 2.75) is 0 Å².